The Balaban J connectivity index is 1.39. The number of carbonyl (C=O) groups is 1. The van der Waals surface area contributed by atoms with Crippen LogP contribution in [-0.2, 0) is 14.6 Å². The van der Waals surface area contributed by atoms with E-state index in [1.807, 2.05) is 6.07 Å². The van der Waals surface area contributed by atoms with Crippen LogP contribution in [-0.4, -0.2) is 31.6 Å². The predicted molar refractivity (Wildman–Crippen MR) is 88.9 cm³/mol. The molecule has 0 radical (unpaired) electrons. The van der Waals surface area contributed by atoms with Crippen LogP contribution in [0.1, 0.15) is 38.5 Å². The maximum Gasteiger partial charge on any atom is 0.251 e. The molecular formula is C17H21NO5S. The normalized spacial score (nSPS) is 25.9. The molecule has 130 valence electrons. The molecule has 4 rings (SSSR count). The lowest BCUT2D eigenvalue weighted by atomic mass is 10.1. The summed E-state index contributed by atoms with van der Waals surface area (Å²) in [5, 5.41) is 2.84. The molecule has 0 aromatic heterocycles. The molecule has 1 aliphatic carbocycles. The Labute approximate surface area is 141 Å². The van der Waals surface area contributed by atoms with Gasteiger partial charge in [0.15, 0.2) is 21.3 Å². The van der Waals surface area contributed by atoms with Crippen LogP contribution in [0.5, 0.6) is 11.5 Å². The lowest BCUT2D eigenvalue weighted by Gasteiger charge is -2.21. The highest BCUT2D eigenvalue weighted by Crippen LogP contribution is 2.47. The molecule has 0 bridgehead atoms. The maximum atomic E-state index is 12.2. The monoisotopic (exact) mass is 351 g/mol. The number of nitrogens with one attached hydrogen (secondary N) is 1. The fourth-order valence-corrected chi connectivity index (χ4v) is 5.66. The van der Waals surface area contributed by atoms with E-state index in [1.165, 1.54) is 0 Å². The van der Waals surface area contributed by atoms with Gasteiger partial charge in [-0.25, -0.2) is 8.42 Å². The van der Waals surface area contributed by atoms with Crippen molar-refractivity contribution in [2.45, 2.75) is 44.3 Å². The SMILES string of the molecule is O=C(C[C@H]1CCS(=O)(=O)C1)Nc1ccc2c(c1)OC1(CCCC1)O2. The van der Waals surface area contributed by atoms with E-state index in [0.29, 0.717) is 17.9 Å². The summed E-state index contributed by atoms with van der Waals surface area (Å²) in [5.74, 6) is 0.942. The minimum absolute atomic E-state index is 0.0780. The third kappa shape index (κ3) is 3.09. The van der Waals surface area contributed by atoms with Gasteiger partial charge in [0.25, 0.3) is 5.79 Å². The van der Waals surface area contributed by atoms with Crippen LogP contribution in [0.25, 0.3) is 0 Å². The van der Waals surface area contributed by atoms with Crippen LogP contribution >= 0.6 is 0 Å². The molecule has 1 N–H and O–H groups in total. The number of anilines is 1. The Morgan fingerprint density at radius 2 is 1.96 bits per heavy atom. The zero-order chi connectivity index (χ0) is 16.8. The fourth-order valence-electron chi connectivity index (χ4n) is 3.80. The summed E-state index contributed by atoms with van der Waals surface area (Å²) < 4.78 is 34.9. The highest BCUT2D eigenvalue weighted by molar-refractivity contribution is 7.91. The van der Waals surface area contributed by atoms with E-state index in [-0.39, 0.29) is 29.8 Å². The molecule has 3 aliphatic rings. The van der Waals surface area contributed by atoms with E-state index in [4.69, 9.17) is 9.47 Å². The van der Waals surface area contributed by atoms with Gasteiger partial charge in [0.2, 0.25) is 5.91 Å². The third-order valence-electron chi connectivity index (χ3n) is 4.99. The van der Waals surface area contributed by atoms with Gasteiger partial charge < -0.3 is 14.8 Å². The summed E-state index contributed by atoms with van der Waals surface area (Å²) in [6.07, 6.45) is 4.78. The smallest absolute Gasteiger partial charge is 0.251 e. The largest absolute Gasteiger partial charge is 0.448 e. The Morgan fingerprint density at radius 1 is 1.21 bits per heavy atom. The van der Waals surface area contributed by atoms with E-state index < -0.39 is 15.6 Å². The molecule has 2 fully saturated rings. The minimum Gasteiger partial charge on any atom is -0.448 e. The molecule has 24 heavy (non-hydrogen) atoms. The van der Waals surface area contributed by atoms with E-state index in [0.717, 1.165) is 31.4 Å². The number of carbonyl (C=O) groups excluding carboxylic acids is 1. The Kier molecular flexibility index (Phi) is 3.71. The molecule has 1 aromatic carbocycles. The molecule has 7 heteroatoms. The number of fused-ring (bicyclic) bond motifs is 1. The van der Waals surface area contributed by atoms with Crippen molar-refractivity contribution in [1.82, 2.24) is 0 Å². The van der Waals surface area contributed by atoms with Crippen molar-refractivity contribution < 1.29 is 22.7 Å². The Hall–Kier alpha value is -1.76. The van der Waals surface area contributed by atoms with Crippen LogP contribution in [0, 0.1) is 5.92 Å². The number of hydrogen-bond donors (Lipinski definition) is 1. The average molecular weight is 351 g/mol. The lowest BCUT2D eigenvalue weighted by molar-refractivity contribution is -0.116. The van der Waals surface area contributed by atoms with Gasteiger partial charge in [0.05, 0.1) is 11.5 Å². The summed E-state index contributed by atoms with van der Waals surface area (Å²) in [4.78, 5) is 12.2. The van der Waals surface area contributed by atoms with Crippen molar-refractivity contribution in [3.63, 3.8) is 0 Å². The topological polar surface area (TPSA) is 81.7 Å². The third-order valence-corrected chi connectivity index (χ3v) is 6.82. The molecule has 1 saturated carbocycles. The number of benzene rings is 1. The molecule has 1 spiro atoms. The minimum atomic E-state index is -2.95. The van der Waals surface area contributed by atoms with Gasteiger partial charge in [-0.3, -0.25) is 4.79 Å². The van der Waals surface area contributed by atoms with Crippen molar-refractivity contribution >= 4 is 21.4 Å². The first kappa shape index (κ1) is 15.7. The number of sulfone groups is 1. The van der Waals surface area contributed by atoms with Crippen LogP contribution in [0.3, 0.4) is 0 Å². The van der Waals surface area contributed by atoms with Gasteiger partial charge in [0, 0.05) is 31.0 Å². The van der Waals surface area contributed by atoms with Crippen LogP contribution < -0.4 is 14.8 Å². The highest BCUT2D eigenvalue weighted by Gasteiger charge is 2.44. The van der Waals surface area contributed by atoms with Gasteiger partial charge in [-0.15, -0.1) is 0 Å². The molecular weight excluding hydrogens is 330 g/mol. The summed E-state index contributed by atoms with van der Waals surface area (Å²) in [7, 11) is -2.95. The van der Waals surface area contributed by atoms with E-state index in [1.54, 1.807) is 12.1 Å². The first-order chi connectivity index (χ1) is 11.4. The maximum absolute atomic E-state index is 12.2. The molecule has 2 aliphatic heterocycles. The second-order valence-electron chi connectivity index (χ2n) is 7.00. The van der Waals surface area contributed by atoms with Crippen molar-refractivity contribution in [2.75, 3.05) is 16.8 Å². The van der Waals surface area contributed by atoms with E-state index in [9.17, 15) is 13.2 Å². The number of hydrogen-bond acceptors (Lipinski definition) is 5. The summed E-state index contributed by atoms with van der Waals surface area (Å²) in [5.41, 5.74) is 0.651. The second kappa shape index (κ2) is 5.65. The van der Waals surface area contributed by atoms with Gasteiger partial charge in [0.1, 0.15) is 0 Å². The van der Waals surface area contributed by atoms with Crippen LogP contribution in [0.15, 0.2) is 18.2 Å². The van der Waals surface area contributed by atoms with Crippen LogP contribution in [0.2, 0.25) is 0 Å². The lowest BCUT2D eigenvalue weighted by Crippen LogP contribution is -2.34. The highest BCUT2D eigenvalue weighted by atomic mass is 32.2. The van der Waals surface area contributed by atoms with Gasteiger partial charge in [-0.05, 0) is 37.3 Å². The first-order valence-electron chi connectivity index (χ1n) is 8.45. The molecule has 6 nitrogen and oxygen atoms in total. The molecule has 1 atom stereocenters. The quantitative estimate of drug-likeness (QED) is 0.905. The first-order valence-corrected chi connectivity index (χ1v) is 10.3. The molecule has 1 saturated heterocycles. The fraction of sp³-hybridized carbons (Fsp3) is 0.588. The zero-order valence-electron chi connectivity index (χ0n) is 13.4. The Bertz CT molecular complexity index is 767. The van der Waals surface area contributed by atoms with Gasteiger partial charge in [-0.1, -0.05) is 0 Å². The van der Waals surface area contributed by atoms with E-state index >= 15 is 0 Å². The second-order valence-corrected chi connectivity index (χ2v) is 9.23. The summed E-state index contributed by atoms with van der Waals surface area (Å²) >= 11 is 0. The zero-order valence-corrected chi connectivity index (χ0v) is 14.2. The number of amides is 1. The number of ether oxygens (including phenoxy) is 2. The molecule has 1 amide bonds. The van der Waals surface area contributed by atoms with Gasteiger partial charge in [-0.2, -0.15) is 0 Å². The van der Waals surface area contributed by atoms with Crippen molar-refractivity contribution in [1.29, 1.82) is 0 Å². The summed E-state index contributed by atoms with van der Waals surface area (Å²) in [6.45, 7) is 0. The Morgan fingerprint density at radius 3 is 2.67 bits per heavy atom. The van der Waals surface area contributed by atoms with Crippen LogP contribution in [0.4, 0.5) is 5.69 Å². The van der Waals surface area contributed by atoms with Crippen molar-refractivity contribution in [3.8, 4) is 11.5 Å². The van der Waals surface area contributed by atoms with E-state index in [2.05, 4.69) is 5.32 Å². The summed E-state index contributed by atoms with van der Waals surface area (Å²) in [6, 6.07) is 5.39. The van der Waals surface area contributed by atoms with Gasteiger partial charge >= 0.3 is 0 Å². The number of rotatable bonds is 3. The predicted octanol–water partition coefficient (Wildman–Crippen LogP) is 2.49. The van der Waals surface area contributed by atoms with Crippen molar-refractivity contribution in [3.05, 3.63) is 18.2 Å². The molecule has 0 unspecified atom stereocenters. The molecule has 1 aromatic rings. The molecule has 2 heterocycles. The standard InChI is InChI=1S/C17H21NO5S/c19-16(9-12-5-8-24(20,21)11-12)18-13-3-4-14-15(10-13)23-17(22-14)6-1-2-7-17/h3-4,10,12H,1-2,5-9,11H2,(H,18,19)/t12-/m1/s1. The van der Waals surface area contributed by atoms with Crippen molar-refractivity contribution in [2.24, 2.45) is 5.92 Å². The average Bonchev–Trinajstić information content (AvgIpc) is 3.18.